The van der Waals surface area contributed by atoms with Gasteiger partial charge < -0.3 is 10.1 Å². The van der Waals surface area contributed by atoms with Crippen molar-refractivity contribution in [3.8, 4) is 5.75 Å². The lowest BCUT2D eigenvalue weighted by molar-refractivity contribution is 0.251. The number of methoxy groups -OCH3 is 1. The van der Waals surface area contributed by atoms with Gasteiger partial charge in [-0.3, -0.25) is 14.7 Å². The van der Waals surface area contributed by atoms with Crippen LogP contribution in [0.1, 0.15) is 36.7 Å². The first-order valence-electron chi connectivity index (χ1n) is 10.3. The minimum atomic E-state index is -0.341. The van der Waals surface area contributed by atoms with E-state index < -0.39 is 0 Å². The fourth-order valence-electron chi connectivity index (χ4n) is 3.98. The third kappa shape index (κ3) is 4.48. The number of hydrogen-bond acceptors (Lipinski definition) is 5. The van der Waals surface area contributed by atoms with Crippen LogP contribution in [-0.2, 0) is 19.5 Å². The van der Waals surface area contributed by atoms with E-state index in [4.69, 9.17) is 9.72 Å². The van der Waals surface area contributed by atoms with E-state index in [-0.39, 0.29) is 11.6 Å². The number of benzene rings is 1. The summed E-state index contributed by atoms with van der Waals surface area (Å²) < 4.78 is 8.08. The highest BCUT2D eigenvalue weighted by Crippen LogP contribution is 2.33. The van der Waals surface area contributed by atoms with E-state index in [1.54, 1.807) is 7.11 Å². The Morgan fingerprint density at radius 2 is 2.23 bits per heavy atom. The number of anilines is 1. The molecule has 1 aliphatic heterocycles. The molecule has 1 aromatic carbocycles. The summed E-state index contributed by atoms with van der Waals surface area (Å²) in [6.07, 6.45) is 2.95. The maximum atomic E-state index is 13.2. The number of rotatable bonds is 4. The smallest absolute Gasteiger partial charge is 0.320 e. The minimum absolute atomic E-state index is 0.00479. The summed E-state index contributed by atoms with van der Waals surface area (Å²) in [5.74, 6) is 2.01. The number of amides is 2. The van der Waals surface area contributed by atoms with Crippen LogP contribution in [0.4, 0.5) is 9.80 Å². The molecule has 2 N–H and O–H groups in total. The monoisotopic (exact) mass is 504 g/mol. The molecular weight excluding hydrogens is 480 g/mol. The average molecular weight is 505 g/mol. The van der Waals surface area contributed by atoms with Gasteiger partial charge in [0.15, 0.2) is 0 Å². The van der Waals surface area contributed by atoms with Gasteiger partial charge in [-0.25, -0.2) is 9.78 Å². The van der Waals surface area contributed by atoms with Crippen LogP contribution in [0.3, 0.4) is 0 Å². The van der Waals surface area contributed by atoms with Gasteiger partial charge in [0.1, 0.15) is 21.4 Å². The Morgan fingerprint density at radius 3 is 3.00 bits per heavy atom. The summed E-state index contributed by atoms with van der Waals surface area (Å²) in [4.78, 5) is 31.2. The van der Waals surface area contributed by atoms with Crippen LogP contribution in [-0.4, -0.2) is 22.7 Å². The number of hydrogen-bond donors (Lipinski definition) is 2. The molecule has 1 atom stereocenters. The molecule has 2 aromatic heterocycles. The largest absolute Gasteiger partial charge is 0.496 e. The van der Waals surface area contributed by atoms with Crippen LogP contribution >= 0.6 is 27.3 Å². The van der Waals surface area contributed by atoms with E-state index in [0.717, 1.165) is 40.7 Å². The second-order valence-corrected chi connectivity index (χ2v) is 9.86. The zero-order valence-electron chi connectivity index (χ0n) is 17.8. The van der Waals surface area contributed by atoms with Gasteiger partial charge in [0.2, 0.25) is 0 Å². The quantitative estimate of drug-likeness (QED) is 0.532. The van der Waals surface area contributed by atoms with E-state index in [1.807, 2.05) is 29.7 Å². The molecule has 3 heterocycles. The van der Waals surface area contributed by atoms with Crippen LogP contribution in [0.2, 0.25) is 0 Å². The molecule has 3 aromatic rings. The van der Waals surface area contributed by atoms with Crippen molar-refractivity contribution < 1.29 is 9.53 Å². The van der Waals surface area contributed by atoms with Crippen LogP contribution in [0.15, 0.2) is 27.5 Å². The molecule has 0 fully saturated rings. The van der Waals surface area contributed by atoms with Crippen molar-refractivity contribution in [3.05, 3.63) is 50.0 Å². The Kier molecular flexibility index (Phi) is 6.34. The summed E-state index contributed by atoms with van der Waals surface area (Å²) in [6.45, 7) is 5.04. The topological polar surface area (TPSA) is 85.2 Å². The third-order valence-electron chi connectivity index (χ3n) is 5.63. The number of fused-ring (bicyclic) bond motifs is 2. The zero-order valence-corrected chi connectivity index (χ0v) is 20.2. The number of thiophene rings is 1. The third-order valence-corrected chi connectivity index (χ3v) is 7.22. The van der Waals surface area contributed by atoms with Crippen molar-refractivity contribution in [2.24, 2.45) is 5.92 Å². The van der Waals surface area contributed by atoms with E-state index in [9.17, 15) is 9.59 Å². The summed E-state index contributed by atoms with van der Waals surface area (Å²) in [5.41, 5.74) is 1.62. The lowest BCUT2D eigenvalue weighted by atomic mass is 10.1. The molecule has 31 heavy (non-hydrogen) atoms. The summed E-state index contributed by atoms with van der Waals surface area (Å²) >= 11 is 4.79. The first kappa shape index (κ1) is 21.8. The highest BCUT2D eigenvalue weighted by atomic mass is 79.9. The molecule has 0 saturated heterocycles. The van der Waals surface area contributed by atoms with Gasteiger partial charge in [0, 0.05) is 29.5 Å². The van der Waals surface area contributed by atoms with Gasteiger partial charge in [0.25, 0.3) is 5.56 Å². The molecule has 2 amide bonds. The van der Waals surface area contributed by atoms with Gasteiger partial charge in [0.05, 0.1) is 12.5 Å². The van der Waals surface area contributed by atoms with Crippen LogP contribution in [0, 0.1) is 12.8 Å². The highest BCUT2D eigenvalue weighted by Gasteiger charge is 2.21. The molecule has 0 unspecified atom stereocenters. The van der Waals surface area contributed by atoms with Crippen molar-refractivity contribution in [2.45, 2.75) is 46.2 Å². The van der Waals surface area contributed by atoms with E-state index >= 15 is 0 Å². The average Bonchev–Trinajstić information content (AvgIpc) is 2.91. The van der Waals surface area contributed by atoms with Crippen LogP contribution in [0.25, 0.3) is 10.2 Å². The number of aryl methyl sites for hydroxylation is 2. The van der Waals surface area contributed by atoms with Gasteiger partial charge in [-0.1, -0.05) is 34.2 Å². The van der Waals surface area contributed by atoms with Crippen LogP contribution in [0.5, 0.6) is 5.75 Å². The fourth-order valence-corrected chi connectivity index (χ4v) is 5.47. The predicted octanol–water partition coefficient (Wildman–Crippen LogP) is 4.83. The van der Waals surface area contributed by atoms with Crippen molar-refractivity contribution in [1.29, 1.82) is 0 Å². The Labute approximate surface area is 193 Å². The lowest BCUT2D eigenvalue weighted by Gasteiger charge is -2.11. The number of ether oxygens (including phenoxy) is 1. The Bertz CT molecular complexity index is 1200. The predicted molar refractivity (Wildman–Crippen MR) is 127 cm³/mol. The first-order valence-corrected chi connectivity index (χ1v) is 11.9. The maximum Gasteiger partial charge on any atom is 0.320 e. The number of aromatic nitrogens is 2. The molecule has 9 heteroatoms. The minimum Gasteiger partial charge on any atom is -0.496 e. The Hall–Kier alpha value is -2.39. The van der Waals surface area contributed by atoms with E-state index in [0.29, 0.717) is 40.0 Å². The lowest BCUT2D eigenvalue weighted by Crippen LogP contribution is -2.28. The standard InChI is InChI=1S/C22H25BrN4O3S/c1-12-5-4-6-17-25-20-18(21(28)27(17)11-12)13(2)19(31-20)26-22(29)24-10-14-9-15(23)7-8-16(14)30-3/h7-9,12H,4-6,10-11H2,1-3H3,(H2,24,26,29)/t12-/m0/s1. The van der Waals surface area contributed by atoms with Gasteiger partial charge in [-0.05, 0) is 49.4 Å². The van der Waals surface area contributed by atoms with E-state index in [2.05, 4.69) is 33.5 Å². The van der Waals surface area contributed by atoms with Crippen molar-refractivity contribution >= 4 is 48.5 Å². The molecule has 164 valence electrons. The Morgan fingerprint density at radius 1 is 1.42 bits per heavy atom. The zero-order chi connectivity index (χ0) is 22.1. The maximum absolute atomic E-state index is 13.2. The van der Waals surface area contributed by atoms with Crippen molar-refractivity contribution in [2.75, 3.05) is 12.4 Å². The van der Waals surface area contributed by atoms with Gasteiger partial charge in [-0.15, -0.1) is 0 Å². The molecule has 4 rings (SSSR count). The second-order valence-electron chi connectivity index (χ2n) is 7.94. The molecule has 0 bridgehead atoms. The fraction of sp³-hybridized carbons (Fsp3) is 0.409. The number of nitrogens with zero attached hydrogens (tertiary/aromatic N) is 2. The molecule has 7 nitrogen and oxygen atoms in total. The second kappa shape index (κ2) is 9.00. The van der Waals surface area contributed by atoms with Crippen molar-refractivity contribution in [1.82, 2.24) is 14.9 Å². The summed E-state index contributed by atoms with van der Waals surface area (Å²) in [7, 11) is 1.60. The number of carbonyl (C=O) groups excluding carboxylic acids is 1. The van der Waals surface area contributed by atoms with Gasteiger partial charge >= 0.3 is 6.03 Å². The number of nitrogens with one attached hydrogen (secondary N) is 2. The SMILES string of the molecule is COc1ccc(Br)cc1CNC(=O)Nc1sc2nc3n(c(=O)c2c1C)C[C@@H](C)CCC3. The Balaban J connectivity index is 1.56. The number of urea groups is 1. The van der Waals surface area contributed by atoms with E-state index in [1.165, 1.54) is 11.3 Å². The highest BCUT2D eigenvalue weighted by molar-refractivity contribution is 9.10. The number of carbonyl (C=O) groups is 1. The normalized spacial score (nSPS) is 15.9. The molecule has 0 aliphatic carbocycles. The first-order chi connectivity index (χ1) is 14.9. The molecule has 0 radical (unpaired) electrons. The summed E-state index contributed by atoms with van der Waals surface area (Å²) in [6, 6.07) is 5.30. The molecule has 0 saturated carbocycles. The molecule has 0 spiro atoms. The summed E-state index contributed by atoms with van der Waals surface area (Å²) in [5, 5.41) is 6.99. The molecular formula is C22H25BrN4O3S. The van der Waals surface area contributed by atoms with Gasteiger partial charge in [-0.2, -0.15) is 0 Å². The van der Waals surface area contributed by atoms with Crippen LogP contribution < -0.4 is 20.9 Å². The number of halogens is 1. The molecule has 1 aliphatic rings. The van der Waals surface area contributed by atoms with Crippen molar-refractivity contribution in [3.63, 3.8) is 0 Å².